The van der Waals surface area contributed by atoms with Gasteiger partial charge in [-0.1, -0.05) is 18.2 Å². The van der Waals surface area contributed by atoms with Gasteiger partial charge in [-0.05, 0) is 61.2 Å². The van der Waals surface area contributed by atoms with Crippen LogP contribution in [0, 0.1) is 13.8 Å². The van der Waals surface area contributed by atoms with Gasteiger partial charge in [-0.3, -0.25) is 0 Å². The molecule has 1 heterocycles. The van der Waals surface area contributed by atoms with Gasteiger partial charge in [0.2, 0.25) is 0 Å². The number of rotatable bonds is 3. The Morgan fingerprint density at radius 1 is 1.10 bits per heavy atom. The Kier molecular flexibility index (Phi) is 3.26. The first-order chi connectivity index (χ1) is 10.0. The molecule has 0 radical (unpaired) electrons. The van der Waals surface area contributed by atoms with Crippen molar-refractivity contribution in [1.82, 2.24) is 4.98 Å². The number of aryl methyl sites for hydroxylation is 2. The summed E-state index contributed by atoms with van der Waals surface area (Å²) in [6.07, 6.45) is 0.737. The number of hydrogen-bond acceptors (Lipinski definition) is 1. The van der Waals surface area contributed by atoms with E-state index in [1.165, 1.54) is 22.2 Å². The smallest absolute Gasteiger partial charge is 0.335 e. The van der Waals surface area contributed by atoms with E-state index in [0.29, 0.717) is 5.56 Å². The Balaban J connectivity index is 1.96. The molecule has 21 heavy (non-hydrogen) atoms. The van der Waals surface area contributed by atoms with E-state index >= 15 is 0 Å². The van der Waals surface area contributed by atoms with Crippen LogP contribution in [0.1, 0.15) is 32.7 Å². The van der Waals surface area contributed by atoms with Crippen molar-refractivity contribution < 1.29 is 9.90 Å². The summed E-state index contributed by atoms with van der Waals surface area (Å²) in [4.78, 5) is 14.4. The van der Waals surface area contributed by atoms with Crippen molar-refractivity contribution in [3.63, 3.8) is 0 Å². The van der Waals surface area contributed by atoms with E-state index < -0.39 is 5.97 Å². The van der Waals surface area contributed by atoms with Crippen LogP contribution in [0.3, 0.4) is 0 Å². The molecule has 3 aromatic rings. The van der Waals surface area contributed by atoms with Crippen molar-refractivity contribution in [3.05, 3.63) is 70.4 Å². The number of nitrogens with one attached hydrogen (secondary N) is 1. The molecule has 0 aliphatic carbocycles. The minimum atomic E-state index is -0.885. The lowest BCUT2D eigenvalue weighted by Gasteiger charge is -2.04. The van der Waals surface area contributed by atoms with Gasteiger partial charge in [-0.25, -0.2) is 4.79 Å². The fourth-order valence-corrected chi connectivity index (χ4v) is 2.67. The first-order valence-electron chi connectivity index (χ1n) is 6.94. The van der Waals surface area contributed by atoms with Crippen LogP contribution < -0.4 is 0 Å². The summed E-state index contributed by atoms with van der Waals surface area (Å²) in [7, 11) is 0. The minimum Gasteiger partial charge on any atom is -0.478 e. The summed E-state index contributed by atoms with van der Waals surface area (Å²) >= 11 is 0. The van der Waals surface area contributed by atoms with Crippen molar-refractivity contribution in [1.29, 1.82) is 0 Å². The zero-order valence-electron chi connectivity index (χ0n) is 12.1. The van der Waals surface area contributed by atoms with Crippen molar-refractivity contribution in [2.75, 3.05) is 0 Å². The summed E-state index contributed by atoms with van der Waals surface area (Å²) in [5.41, 5.74) is 6.14. The van der Waals surface area contributed by atoms with E-state index in [0.717, 1.165) is 17.5 Å². The lowest BCUT2D eigenvalue weighted by atomic mass is 10.0. The molecule has 0 unspecified atom stereocenters. The van der Waals surface area contributed by atoms with Crippen molar-refractivity contribution in [3.8, 4) is 0 Å². The molecule has 0 aliphatic rings. The highest BCUT2D eigenvalue weighted by atomic mass is 16.4. The zero-order chi connectivity index (χ0) is 15.0. The third-order valence-electron chi connectivity index (χ3n) is 3.95. The summed E-state index contributed by atoms with van der Waals surface area (Å²) in [5, 5.41) is 10.3. The first kappa shape index (κ1) is 13.4. The van der Waals surface area contributed by atoms with Crippen LogP contribution in [0.5, 0.6) is 0 Å². The number of fused-ring (bicyclic) bond motifs is 1. The van der Waals surface area contributed by atoms with Crippen LogP contribution in [-0.2, 0) is 6.42 Å². The molecule has 0 spiro atoms. The molecule has 0 aliphatic heterocycles. The van der Waals surface area contributed by atoms with Crippen molar-refractivity contribution >= 4 is 16.9 Å². The number of aromatic nitrogens is 1. The lowest BCUT2D eigenvalue weighted by molar-refractivity contribution is 0.0697. The van der Waals surface area contributed by atoms with Gasteiger partial charge in [0.15, 0.2) is 0 Å². The first-order valence-corrected chi connectivity index (χ1v) is 6.94. The normalized spacial score (nSPS) is 11.0. The summed E-state index contributed by atoms with van der Waals surface area (Å²) in [5.74, 6) is -0.885. The van der Waals surface area contributed by atoms with Crippen LogP contribution in [0.2, 0.25) is 0 Å². The number of aromatic amines is 1. The fraction of sp³-hybridized carbons (Fsp3) is 0.167. The van der Waals surface area contributed by atoms with Gasteiger partial charge < -0.3 is 10.1 Å². The van der Waals surface area contributed by atoms with Crippen LogP contribution in [0.4, 0.5) is 0 Å². The minimum absolute atomic E-state index is 0.335. The predicted molar refractivity (Wildman–Crippen MR) is 84.0 cm³/mol. The van der Waals surface area contributed by atoms with Crippen molar-refractivity contribution in [2.24, 2.45) is 0 Å². The Morgan fingerprint density at radius 2 is 1.86 bits per heavy atom. The standard InChI is InChI=1S/C18H17NO2/c1-11-12(2)19-17-7-6-14(10-16(11)17)8-13-4-3-5-15(9-13)18(20)21/h3-7,9-10,19H,8H2,1-2H3,(H,20,21). The number of aromatic carboxylic acids is 1. The number of benzene rings is 2. The van der Waals surface area contributed by atoms with Crippen LogP contribution in [-0.4, -0.2) is 16.1 Å². The predicted octanol–water partition coefficient (Wildman–Crippen LogP) is 4.07. The molecule has 0 atom stereocenters. The third kappa shape index (κ3) is 2.55. The largest absolute Gasteiger partial charge is 0.478 e. The number of carbonyl (C=O) groups is 1. The van der Waals surface area contributed by atoms with Gasteiger partial charge in [-0.15, -0.1) is 0 Å². The van der Waals surface area contributed by atoms with E-state index in [4.69, 9.17) is 5.11 Å². The molecule has 3 nitrogen and oxygen atoms in total. The van der Waals surface area contributed by atoms with Gasteiger partial charge in [0.25, 0.3) is 0 Å². The number of carboxylic acids is 1. The molecule has 0 fully saturated rings. The molecule has 0 amide bonds. The third-order valence-corrected chi connectivity index (χ3v) is 3.95. The monoisotopic (exact) mass is 279 g/mol. The highest BCUT2D eigenvalue weighted by Gasteiger charge is 2.07. The highest BCUT2D eigenvalue weighted by molar-refractivity contribution is 5.88. The Morgan fingerprint density at radius 3 is 2.62 bits per heavy atom. The Labute approximate surface area is 123 Å². The lowest BCUT2D eigenvalue weighted by Crippen LogP contribution is -1.97. The van der Waals surface area contributed by atoms with Crippen LogP contribution >= 0.6 is 0 Å². The second-order valence-electron chi connectivity index (χ2n) is 5.44. The quantitative estimate of drug-likeness (QED) is 0.759. The summed E-state index contributed by atoms with van der Waals surface area (Å²) < 4.78 is 0. The van der Waals surface area contributed by atoms with Gasteiger partial charge in [-0.2, -0.15) is 0 Å². The fourth-order valence-electron chi connectivity index (χ4n) is 2.67. The topological polar surface area (TPSA) is 53.1 Å². The molecule has 2 aromatic carbocycles. The van der Waals surface area contributed by atoms with Gasteiger partial charge in [0, 0.05) is 16.6 Å². The van der Waals surface area contributed by atoms with Gasteiger partial charge >= 0.3 is 5.97 Å². The van der Waals surface area contributed by atoms with E-state index in [-0.39, 0.29) is 0 Å². The number of H-pyrrole nitrogens is 1. The summed E-state index contributed by atoms with van der Waals surface area (Å²) in [6.45, 7) is 4.19. The molecule has 0 bridgehead atoms. The number of hydrogen-bond donors (Lipinski definition) is 2. The van der Waals surface area contributed by atoms with Crippen LogP contribution in [0.15, 0.2) is 42.5 Å². The van der Waals surface area contributed by atoms with Crippen molar-refractivity contribution in [2.45, 2.75) is 20.3 Å². The molecule has 3 heteroatoms. The molecule has 2 N–H and O–H groups in total. The molecule has 1 aromatic heterocycles. The summed E-state index contributed by atoms with van der Waals surface area (Å²) in [6, 6.07) is 13.5. The molecule has 0 saturated carbocycles. The maximum atomic E-state index is 11.0. The van der Waals surface area contributed by atoms with Gasteiger partial charge in [0.1, 0.15) is 0 Å². The van der Waals surface area contributed by atoms with Gasteiger partial charge in [0.05, 0.1) is 5.56 Å². The second kappa shape index (κ2) is 5.09. The molecular weight excluding hydrogens is 262 g/mol. The average Bonchev–Trinajstić information content (AvgIpc) is 2.75. The zero-order valence-corrected chi connectivity index (χ0v) is 12.1. The molecule has 3 rings (SSSR count). The van der Waals surface area contributed by atoms with E-state index in [1.807, 2.05) is 6.07 Å². The SMILES string of the molecule is Cc1[nH]c2ccc(Cc3cccc(C(=O)O)c3)cc2c1C. The van der Waals surface area contributed by atoms with E-state index in [1.54, 1.807) is 18.2 Å². The van der Waals surface area contributed by atoms with E-state index in [2.05, 4.69) is 37.0 Å². The second-order valence-corrected chi connectivity index (χ2v) is 5.44. The van der Waals surface area contributed by atoms with E-state index in [9.17, 15) is 4.79 Å². The molecule has 106 valence electrons. The maximum absolute atomic E-state index is 11.0. The maximum Gasteiger partial charge on any atom is 0.335 e. The Hall–Kier alpha value is -2.55. The van der Waals surface area contributed by atoms with Crippen LogP contribution in [0.25, 0.3) is 10.9 Å². The average molecular weight is 279 g/mol. The molecule has 0 saturated heterocycles. The number of carboxylic acid groups (broad SMARTS) is 1. The highest BCUT2D eigenvalue weighted by Crippen LogP contribution is 2.23. The Bertz CT molecular complexity index is 830. The molecular formula is C18H17NO2.